The van der Waals surface area contributed by atoms with Crippen molar-refractivity contribution in [2.24, 2.45) is 35.5 Å². The summed E-state index contributed by atoms with van der Waals surface area (Å²) in [5.74, 6) is -9.74. The normalized spacial score (nSPS) is 28.7. The number of hydrogen-bond donors (Lipinski definition) is 4. The molecule has 79 heavy (non-hydrogen) atoms. The molecule has 2 fully saturated rings. The maximum Gasteiger partial charge on any atom is 0.329 e. The molecule has 436 valence electrons. The highest BCUT2D eigenvalue weighted by Gasteiger charge is 2.45. The molecule has 4 aliphatic rings. The van der Waals surface area contributed by atoms with Crippen LogP contribution in [0.15, 0.2) is 60.2 Å². The third-order valence-corrected chi connectivity index (χ3v) is 15.5. The van der Waals surface area contributed by atoms with Crippen molar-refractivity contribution in [3.63, 3.8) is 0 Å². The fraction of sp³-hybridized carbons (Fsp3) is 0.644. The Balaban J connectivity index is 1.59. The van der Waals surface area contributed by atoms with E-state index < -0.39 is 138 Å². The SMILES string of the molecule is CC[C@H](C)[C@H]1NC[C@@H](NC(=O)[C@@H](CC(C)C)N(C)C(=O)C2C=C3C=CC=CC3OC2=O)[C@@H](C)OC(=O)[C@H](Cc2ccc(OC)cc2)N(C)C(=O)[C@@H]2CCCN2C(=O)[C@H](CC(C)C)NC(=O)[C@@H](C)C(=O)[C@H](C(C)C)OC(=O)C[C@@H]1O. The number of carbonyl (C=O) groups excluding carboxylic acids is 9. The Morgan fingerprint density at radius 2 is 1.59 bits per heavy atom. The lowest BCUT2D eigenvalue weighted by Gasteiger charge is -2.36. The third-order valence-electron chi connectivity index (χ3n) is 15.5. The zero-order valence-corrected chi connectivity index (χ0v) is 48.4. The summed E-state index contributed by atoms with van der Waals surface area (Å²) < 4.78 is 23.1. The van der Waals surface area contributed by atoms with Gasteiger partial charge in [-0.3, -0.25) is 38.4 Å². The van der Waals surface area contributed by atoms with Crippen molar-refractivity contribution in [2.45, 2.75) is 175 Å². The number of nitrogens with one attached hydrogen (secondary N) is 3. The number of benzene rings is 1. The summed E-state index contributed by atoms with van der Waals surface area (Å²) in [6.07, 6.45) is 4.74. The number of nitrogens with zero attached hydrogens (tertiary/aromatic N) is 3. The number of aliphatic hydroxyl groups is 1. The molecule has 20 nitrogen and oxygen atoms in total. The minimum Gasteiger partial charge on any atom is -0.497 e. The quantitative estimate of drug-likeness (QED) is 0.117. The molecule has 1 aromatic rings. The Morgan fingerprint density at radius 1 is 0.911 bits per heavy atom. The Hall–Kier alpha value is -6.41. The van der Waals surface area contributed by atoms with Crippen LogP contribution in [0.1, 0.15) is 113 Å². The number of cyclic esters (lactones) is 2. The lowest BCUT2D eigenvalue weighted by molar-refractivity contribution is -0.162. The standard InChI is InChI=1S/C59H86N6O14/c1-14-35(8)50-47(66)30-49(67)79-52(34(6)7)51(68)36(9)53(69)61-42(26-32(2)3)56(72)65-25-17-19-44(65)57(73)64(12)46(28-38-21-23-40(76-13)24-22-38)59(75)77-37(10)43(31-60-50)62-54(70)45(27-33(4)5)63(11)55(71)41-29-39-18-15-16-20-48(39)78-58(41)74/h15-16,18,20-24,29,32-37,41-48,50,52,60,66H,14,17,19,25-28,30-31H2,1-13H3,(H,61,69)(H,62,70)/t35-,36-,37+,41?,42-,43+,44-,45+,46-,47-,48?,50+,52-/m0/s1. The first-order valence-electron chi connectivity index (χ1n) is 28.0. The number of methoxy groups -OCH3 is 1. The van der Waals surface area contributed by atoms with E-state index in [2.05, 4.69) is 16.0 Å². The number of hydrogen-bond acceptors (Lipinski definition) is 15. The minimum atomic E-state index is -1.43. The first-order valence-corrected chi connectivity index (χ1v) is 28.0. The number of rotatable bonds is 14. The molecule has 0 saturated carbocycles. The monoisotopic (exact) mass is 1100 g/mol. The van der Waals surface area contributed by atoms with Crippen molar-refractivity contribution in [1.29, 1.82) is 0 Å². The maximum absolute atomic E-state index is 15.0. The van der Waals surface area contributed by atoms with Gasteiger partial charge in [-0.2, -0.15) is 0 Å². The summed E-state index contributed by atoms with van der Waals surface area (Å²) >= 11 is 0. The summed E-state index contributed by atoms with van der Waals surface area (Å²) in [5.41, 5.74) is 1.26. The first-order chi connectivity index (χ1) is 37.3. The molecule has 0 radical (unpaired) electrons. The molecule has 5 amide bonds. The van der Waals surface area contributed by atoms with Crippen LogP contribution in [0.3, 0.4) is 0 Å². The number of likely N-dealkylation sites (N-methyl/N-ethyl adjacent to an activating group) is 2. The summed E-state index contributed by atoms with van der Waals surface area (Å²) in [7, 11) is 4.41. The predicted molar refractivity (Wildman–Crippen MR) is 293 cm³/mol. The third kappa shape index (κ3) is 16.4. The van der Waals surface area contributed by atoms with E-state index in [1.54, 1.807) is 69.3 Å². The van der Waals surface area contributed by atoms with Gasteiger partial charge in [-0.05, 0) is 92.5 Å². The predicted octanol–water partition coefficient (Wildman–Crippen LogP) is 4.01. The molecular formula is C59H86N6O14. The fourth-order valence-electron chi connectivity index (χ4n) is 10.5. The second kappa shape index (κ2) is 28.6. The van der Waals surface area contributed by atoms with Gasteiger partial charge < -0.3 is 54.7 Å². The van der Waals surface area contributed by atoms with Crippen LogP contribution in [0, 0.1) is 35.5 Å². The van der Waals surface area contributed by atoms with E-state index in [-0.39, 0.29) is 56.5 Å². The van der Waals surface area contributed by atoms with Gasteiger partial charge in [0.05, 0.1) is 31.6 Å². The average Bonchev–Trinajstić information content (AvgIpc) is 3.98. The summed E-state index contributed by atoms with van der Waals surface area (Å²) in [6.45, 7) is 17.5. The van der Waals surface area contributed by atoms with Crippen LogP contribution in [-0.4, -0.2) is 168 Å². The Kier molecular flexibility index (Phi) is 23.0. The molecule has 2 saturated heterocycles. The Bertz CT molecular complexity index is 2450. The highest BCUT2D eigenvalue weighted by Crippen LogP contribution is 2.29. The van der Waals surface area contributed by atoms with Crippen molar-refractivity contribution < 1.29 is 67.2 Å². The number of aliphatic hydroxyl groups excluding tert-OH is 1. The van der Waals surface area contributed by atoms with Crippen LogP contribution in [0.4, 0.5) is 0 Å². The van der Waals surface area contributed by atoms with E-state index >= 15 is 0 Å². The molecule has 1 aromatic carbocycles. The summed E-state index contributed by atoms with van der Waals surface area (Å²) in [5, 5.41) is 21.0. The van der Waals surface area contributed by atoms with Crippen molar-refractivity contribution in [1.82, 2.24) is 30.7 Å². The van der Waals surface area contributed by atoms with Gasteiger partial charge >= 0.3 is 17.9 Å². The van der Waals surface area contributed by atoms with Crippen LogP contribution in [0.5, 0.6) is 5.75 Å². The molecule has 1 aliphatic carbocycles. The maximum atomic E-state index is 15.0. The van der Waals surface area contributed by atoms with Gasteiger partial charge in [0.2, 0.25) is 29.5 Å². The molecule has 3 aliphatic heterocycles. The number of ether oxygens (including phenoxy) is 4. The highest BCUT2D eigenvalue weighted by molar-refractivity contribution is 6.05. The number of esters is 3. The van der Waals surface area contributed by atoms with Gasteiger partial charge in [-0.15, -0.1) is 0 Å². The van der Waals surface area contributed by atoms with Crippen LogP contribution in [0.2, 0.25) is 0 Å². The Labute approximate surface area is 465 Å². The van der Waals surface area contributed by atoms with Gasteiger partial charge in [-0.1, -0.05) is 98.2 Å². The Morgan fingerprint density at radius 3 is 2.22 bits per heavy atom. The van der Waals surface area contributed by atoms with E-state index in [0.29, 0.717) is 29.7 Å². The van der Waals surface area contributed by atoms with Gasteiger partial charge in [-0.25, -0.2) is 4.79 Å². The average molecular weight is 1100 g/mol. The minimum absolute atomic E-state index is 0.0443. The lowest BCUT2D eigenvalue weighted by Crippen LogP contribution is -2.59. The molecule has 2 unspecified atom stereocenters. The molecule has 20 heteroatoms. The van der Waals surface area contributed by atoms with Gasteiger partial charge in [0.25, 0.3) is 0 Å². The van der Waals surface area contributed by atoms with E-state index in [4.69, 9.17) is 18.9 Å². The molecule has 13 atom stereocenters. The van der Waals surface area contributed by atoms with E-state index in [0.717, 1.165) is 0 Å². The smallest absolute Gasteiger partial charge is 0.329 e. The van der Waals surface area contributed by atoms with E-state index in [1.807, 2.05) is 41.5 Å². The zero-order valence-electron chi connectivity index (χ0n) is 48.4. The lowest BCUT2D eigenvalue weighted by atomic mass is 9.91. The van der Waals surface area contributed by atoms with Crippen LogP contribution in [-0.2, 0) is 63.8 Å². The van der Waals surface area contributed by atoms with Crippen molar-refractivity contribution in [2.75, 3.05) is 34.3 Å². The molecule has 0 aromatic heterocycles. The van der Waals surface area contributed by atoms with Gasteiger partial charge in [0.15, 0.2) is 17.8 Å². The van der Waals surface area contributed by atoms with Crippen molar-refractivity contribution in [3.05, 3.63) is 65.8 Å². The fourth-order valence-corrected chi connectivity index (χ4v) is 10.5. The number of fused-ring (bicyclic) bond motifs is 2. The van der Waals surface area contributed by atoms with Crippen molar-refractivity contribution >= 4 is 53.2 Å². The molecule has 4 N–H and O–H groups in total. The zero-order chi connectivity index (χ0) is 58.6. The van der Waals surface area contributed by atoms with Crippen molar-refractivity contribution in [3.8, 4) is 5.75 Å². The molecule has 0 bridgehead atoms. The second-order valence-corrected chi connectivity index (χ2v) is 22.9. The topological polar surface area (TPSA) is 257 Å². The first kappa shape index (κ1) is 63.4. The van der Waals surface area contributed by atoms with Gasteiger partial charge in [0.1, 0.15) is 42.1 Å². The molecule has 5 rings (SSSR count). The van der Waals surface area contributed by atoms with Crippen LogP contribution in [0.25, 0.3) is 0 Å². The highest BCUT2D eigenvalue weighted by atomic mass is 16.6. The van der Waals surface area contributed by atoms with Crippen LogP contribution >= 0.6 is 0 Å². The number of amides is 5. The summed E-state index contributed by atoms with van der Waals surface area (Å²) in [6, 6.07) is 0.320. The van der Waals surface area contributed by atoms with Gasteiger partial charge in [0, 0.05) is 39.6 Å². The van der Waals surface area contributed by atoms with E-state index in [1.165, 1.54) is 48.9 Å². The number of Topliss-reactive ketones (excluding diaryl/α,β-unsaturated/α-hetero) is 1. The molecule has 0 spiro atoms. The summed E-state index contributed by atoms with van der Waals surface area (Å²) in [4.78, 5) is 133. The molecular weight excluding hydrogens is 1020 g/mol. The number of carbonyl (C=O) groups is 9. The second-order valence-electron chi connectivity index (χ2n) is 22.9. The molecule has 3 heterocycles. The largest absolute Gasteiger partial charge is 0.497 e. The van der Waals surface area contributed by atoms with Crippen LogP contribution < -0.4 is 20.7 Å². The number of allylic oxidation sites excluding steroid dienone is 2. The van der Waals surface area contributed by atoms with E-state index in [9.17, 15) is 48.3 Å². The number of ketones is 1.